The average Bonchev–Trinajstić information content (AvgIpc) is 3.15. The molecule has 1 aromatic rings. The molecule has 0 spiro atoms. The van der Waals surface area contributed by atoms with E-state index < -0.39 is 18.0 Å². The van der Waals surface area contributed by atoms with E-state index in [0.717, 1.165) is 12.8 Å². The zero-order valence-corrected chi connectivity index (χ0v) is 11.0. The topological polar surface area (TPSA) is 58.6 Å². The van der Waals surface area contributed by atoms with Gasteiger partial charge in [-0.1, -0.05) is 6.07 Å². The fraction of sp³-hybridized carbons (Fsp3) is 0.500. The van der Waals surface area contributed by atoms with E-state index in [1.165, 1.54) is 12.1 Å². The van der Waals surface area contributed by atoms with Crippen molar-refractivity contribution >= 4 is 5.91 Å². The van der Waals surface area contributed by atoms with Gasteiger partial charge in [0.1, 0.15) is 0 Å². The number of ether oxygens (including phenoxy) is 1. The van der Waals surface area contributed by atoms with Gasteiger partial charge < -0.3 is 15.2 Å². The molecule has 1 aromatic carbocycles. The zero-order valence-electron chi connectivity index (χ0n) is 11.0. The monoisotopic (exact) mass is 267 g/mol. The number of halogens is 1. The van der Waals surface area contributed by atoms with E-state index in [-0.39, 0.29) is 17.7 Å². The number of hydrogen-bond donors (Lipinski definition) is 2. The summed E-state index contributed by atoms with van der Waals surface area (Å²) in [4.78, 5) is 11.7. The number of carbonyl (C=O) groups excluding carboxylic acids is 1. The van der Waals surface area contributed by atoms with Crippen molar-refractivity contribution in [2.75, 3.05) is 0 Å². The molecule has 1 saturated carbocycles. The third-order valence-corrected chi connectivity index (χ3v) is 3.04. The predicted molar refractivity (Wildman–Crippen MR) is 68.3 cm³/mol. The molecule has 1 aliphatic carbocycles. The van der Waals surface area contributed by atoms with Crippen molar-refractivity contribution in [1.82, 2.24) is 5.32 Å². The van der Waals surface area contributed by atoms with Crippen LogP contribution in [0.2, 0.25) is 0 Å². The molecule has 1 fully saturated rings. The largest absolute Gasteiger partial charge is 0.478 e. The fourth-order valence-corrected chi connectivity index (χ4v) is 1.66. The fourth-order valence-electron chi connectivity index (χ4n) is 1.66. The maximum Gasteiger partial charge on any atom is 0.260 e. The van der Waals surface area contributed by atoms with Crippen molar-refractivity contribution in [3.63, 3.8) is 0 Å². The molecule has 0 heterocycles. The second-order valence-corrected chi connectivity index (χ2v) is 4.91. The van der Waals surface area contributed by atoms with Gasteiger partial charge in [-0.15, -0.1) is 0 Å². The lowest BCUT2D eigenvalue weighted by Gasteiger charge is -2.15. The van der Waals surface area contributed by atoms with Crippen LogP contribution in [-0.4, -0.2) is 23.2 Å². The maximum absolute atomic E-state index is 13.7. The minimum atomic E-state index is -0.743. The number of hydrogen-bond acceptors (Lipinski definition) is 3. The number of carbonyl (C=O) groups is 1. The van der Waals surface area contributed by atoms with Crippen molar-refractivity contribution < 1.29 is 19.0 Å². The van der Waals surface area contributed by atoms with Gasteiger partial charge in [-0.2, -0.15) is 0 Å². The number of aliphatic hydroxyl groups is 1. The number of amides is 1. The lowest BCUT2D eigenvalue weighted by Crippen LogP contribution is -2.37. The molecule has 0 bridgehead atoms. The number of benzene rings is 1. The van der Waals surface area contributed by atoms with Gasteiger partial charge in [0.25, 0.3) is 5.91 Å². The first-order valence-corrected chi connectivity index (χ1v) is 6.42. The van der Waals surface area contributed by atoms with Crippen LogP contribution >= 0.6 is 0 Å². The number of aliphatic hydroxyl groups excluding tert-OH is 1. The molecule has 2 atom stereocenters. The van der Waals surface area contributed by atoms with E-state index in [9.17, 15) is 14.3 Å². The minimum Gasteiger partial charge on any atom is -0.478 e. The van der Waals surface area contributed by atoms with E-state index in [1.807, 2.05) is 0 Å². The molecule has 1 aliphatic rings. The standard InChI is InChI=1S/C14H18FNO3/c1-8(17)10-3-6-13(12(15)7-10)19-9(2)14(18)16-11-4-5-11/h3,6-9,11,17H,4-5H2,1-2H3,(H,16,18)/t8-,9?/m1/s1. The van der Waals surface area contributed by atoms with Crippen LogP contribution in [0.4, 0.5) is 4.39 Å². The molecule has 2 N–H and O–H groups in total. The molecule has 0 radical (unpaired) electrons. The van der Waals surface area contributed by atoms with Crippen molar-refractivity contribution in [2.24, 2.45) is 0 Å². The number of nitrogens with one attached hydrogen (secondary N) is 1. The van der Waals surface area contributed by atoms with Gasteiger partial charge in [-0.3, -0.25) is 4.79 Å². The molecule has 0 saturated heterocycles. The van der Waals surface area contributed by atoms with E-state index in [2.05, 4.69) is 5.32 Å². The summed E-state index contributed by atoms with van der Waals surface area (Å²) in [6, 6.07) is 4.47. The van der Waals surface area contributed by atoms with Gasteiger partial charge in [0.2, 0.25) is 0 Å². The highest BCUT2D eigenvalue weighted by Crippen LogP contribution is 2.23. The minimum absolute atomic E-state index is 0.0165. The van der Waals surface area contributed by atoms with Crippen LogP contribution < -0.4 is 10.1 Å². The summed E-state index contributed by atoms with van der Waals surface area (Å²) in [5, 5.41) is 12.1. The Labute approximate surface area is 111 Å². The summed E-state index contributed by atoms with van der Waals surface area (Å²) in [6.45, 7) is 3.14. The van der Waals surface area contributed by atoms with Crippen LogP contribution in [0.1, 0.15) is 38.4 Å². The van der Waals surface area contributed by atoms with Crippen LogP contribution in [0, 0.1) is 5.82 Å². The molecule has 1 amide bonds. The summed E-state index contributed by atoms with van der Waals surface area (Å²) in [6.07, 6.45) is 0.512. The Kier molecular flexibility index (Phi) is 4.04. The highest BCUT2D eigenvalue weighted by molar-refractivity contribution is 5.81. The van der Waals surface area contributed by atoms with Crippen LogP contribution in [0.15, 0.2) is 18.2 Å². The lowest BCUT2D eigenvalue weighted by molar-refractivity contribution is -0.127. The maximum atomic E-state index is 13.7. The van der Waals surface area contributed by atoms with Crippen LogP contribution in [0.3, 0.4) is 0 Å². The highest BCUT2D eigenvalue weighted by Gasteiger charge is 2.26. The van der Waals surface area contributed by atoms with Gasteiger partial charge in [-0.25, -0.2) is 4.39 Å². The van der Waals surface area contributed by atoms with Crippen LogP contribution in [0.5, 0.6) is 5.75 Å². The zero-order chi connectivity index (χ0) is 14.0. The van der Waals surface area contributed by atoms with Crippen molar-refractivity contribution in [3.05, 3.63) is 29.6 Å². The molecule has 0 aromatic heterocycles. The molecule has 2 rings (SSSR count). The Balaban J connectivity index is 1.99. The second kappa shape index (κ2) is 5.57. The highest BCUT2D eigenvalue weighted by atomic mass is 19.1. The molecule has 19 heavy (non-hydrogen) atoms. The quantitative estimate of drug-likeness (QED) is 0.857. The van der Waals surface area contributed by atoms with Crippen LogP contribution in [-0.2, 0) is 4.79 Å². The molecule has 104 valence electrons. The molecule has 1 unspecified atom stereocenters. The summed E-state index contributed by atoms with van der Waals surface area (Å²) >= 11 is 0. The molecular weight excluding hydrogens is 249 g/mol. The first kappa shape index (κ1) is 13.8. The van der Waals surface area contributed by atoms with E-state index >= 15 is 0 Å². The molecule has 0 aliphatic heterocycles. The van der Waals surface area contributed by atoms with Crippen molar-refractivity contribution in [2.45, 2.75) is 44.9 Å². The third kappa shape index (κ3) is 3.67. The summed E-state index contributed by atoms with van der Waals surface area (Å²) in [7, 11) is 0. The smallest absolute Gasteiger partial charge is 0.260 e. The predicted octanol–water partition coefficient (Wildman–Crippen LogP) is 1.92. The Morgan fingerprint density at radius 1 is 1.47 bits per heavy atom. The Morgan fingerprint density at radius 3 is 2.68 bits per heavy atom. The van der Waals surface area contributed by atoms with Gasteiger partial charge in [0.05, 0.1) is 6.10 Å². The SMILES string of the molecule is CC(Oc1ccc([C@@H](C)O)cc1F)C(=O)NC1CC1. The van der Waals surface area contributed by atoms with Gasteiger partial charge in [0.15, 0.2) is 17.7 Å². The van der Waals surface area contributed by atoms with Gasteiger partial charge >= 0.3 is 0 Å². The van der Waals surface area contributed by atoms with E-state index in [0.29, 0.717) is 5.56 Å². The second-order valence-electron chi connectivity index (χ2n) is 4.91. The lowest BCUT2D eigenvalue weighted by atomic mass is 10.1. The van der Waals surface area contributed by atoms with Crippen molar-refractivity contribution in [1.29, 1.82) is 0 Å². The van der Waals surface area contributed by atoms with E-state index in [4.69, 9.17) is 4.74 Å². The summed E-state index contributed by atoms with van der Waals surface area (Å²) in [5.41, 5.74) is 0.472. The third-order valence-electron chi connectivity index (χ3n) is 3.04. The number of rotatable bonds is 5. The van der Waals surface area contributed by atoms with Crippen LogP contribution in [0.25, 0.3) is 0 Å². The Bertz CT molecular complexity index is 472. The first-order valence-electron chi connectivity index (χ1n) is 6.42. The molecule has 5 heteroatoms. The van der Waals surface area contributed by atoms with Crippen molar-refractivity contribution in [3.8, 4) is 5.75 Å². The first-order chi connectivity index (χ1) is 8.97. The van der Waals surface area contributed by atoms with Gasteiger partial charge in [-0.05, 0) is 44.4 Å². The molecule has 4 nitrogen and oxygen atoms in total. The summed E-state index contributed by atoms with van der Waals surface area (Å²) in [5.74, 6) is -0.797. The average molecular weight is 267 g/mol. The Hall–Kier alpha value is -1.62. The normalized spacial score (nSPS) is 17.7. The van der Waals surface area contributed by atoms with E-state index in [1.54, 1.807) is 19.9 Å². The van der Waals surface area contributed by atoms with Gasteiger partial charge in [0, 0.05) is 6.04 Å². The Morgan fingerprint density at radius 2 is 2.16 bits per heavy atom. The summed E-state index contributed by atoms with van der Waals surface area (Å²) < 4.78 is 19.0. The molecular formula is C14H18FNO3.